The first-order valence-corrected chi connectivity index (χ1v) is 7.87. The Balaban J connectivity index is 1.93. The summed E-state index contributed by atoms with van der Waals surface area (Å²) in [5, 5.41) is 6.67. The molecule has 0 aliphatic rings. The lowest BCUT2D eigenvalue weighted by molar-refractivity contribution is 0.555. The lowest BCUT2D eigenvalue weighted by atomic mass is 10.0. The number of hydrogen-bond acceptors (Lipinski definition) is 5. The van der Waals surface area contributed by atoms with Crippen LogP contribution in [0.1, 0.15) is 22.3 Å². The number of nitrogens with zero attached hydrogens (tertiary/aromatic N) is 1. The number of aromatic nitrogens is 1. The molecule has 2 aromatic heterocycles. The second kappa shape index (κ2) is 5.38. The second-order valence-electron chi connectivity index (χ2n) is 4.49. The van der Waals surface area contributed by atoms with Crippen molar-refractivity contribution in [1.29, 1.82) is 0 Å². The van der Waals surface area contributed by atoms with Gasteiger partial charge in [-0.3, -0.25) is 11.3 Å². The number of benzene rings is 1. The van der Waals surface area contributed by atoms with Crippen LogP contribution in [-0.4, -0.2) is 4.98 Å². The largest absolute Gasteiger partial charge is 0.271 e. The molecule has 1 unspecified atom stereocenters. The molecule has 3 N–H and O–H groups in total. The second-order valence-corrected chi connectivity index (χ2v) is 6.35. The molecule has 3 nitrogen and oxygen atoms in total. The van der Waals surface area contributed by atoms with Crippen molar-refractivity contribution in [2.24, 2.45) is 5.84 Å². The monoisotopic (exact) mass is 289 g/mol. The van der Waals surface area contributed by atoms with Crippen LogP contribution in [0.25, 0.3) is 10.1 Å². The number of rotatable bonds is 4. The lowest BCUT2D eigenvalue weighted by Crippen LogP contribution is -2.29. The molecule has 0 amide bonds. The summed E-state index contributed by atoms with van der Waals surface area (Å²) in [6, 6.07) is 8.54. The van der Waals surface area contributed by atoms with Crippen LogP contribution in [0.3, 0.4) is 0 Å². The third-order valence-corrected chi connectivity index (χ3v) is 5.10. The predicted octanol–water partition coefficient (Wildman–Crippen LogP) is 3.41. The Morgan fingerprint density at radius 3 is 2.84 bits per heavy atom. The molecule has 0 bridgehead atoms. The van der Waals surface area contributed by atoms with E-state index in [4.69, 9.17) is 5.84 Å². The summed E-state index contributed by atoms with van der Waals surface area (Å²) < 4.78 is 1.30. The van der Waals surface area contributed by atoms with Gasteiger partial charge in [0.2, 0.25) is 0 Å². The highest BCUT2D eigenvalue weighted by atomic mass is 32.1. The first kappa shape index (κ1) is 12.7. The standard InChI is InChI=1S/C14H15N3S2/c1-9-7-19-14(16-9)6-12(17-15)11-8-18-13-5-3-2-4-10(11)13/h2-5,7-8,12,17H,6,15H2,1H3. The summed E-state index contributed by atoms with van der Waals surface area (Å²) in [5.74, 6) is 5.74. The van der Waals surface area contributed by atoms with E-state index in [1.165, 1.54) is 15.6 Å². The van der Waals surface area contributed by atoms with Gasteiger partial charge in [-0.2, -0.15) is 0 Å². The zero-order valence-electron chi connectivity index (χ0n) is 10.6. The highest BCUT2D eigenvalue weighted by molar-refractivity contribution is 7.17. The van der Waals surface area contributed by atoms with Gasteiger partial charge in [-0.25, -0.2) is 4.98 Å². The Morgan fingerprint density at radius 2 is 2.11 bits per heavy atom. The van der Waals surface area contributed by atoms with Crippen molar-refractivity contribution < 1.29 is 0 Å². The summed E-state index contributed by atoms with van der Waals surface area (Å²) in [6.07, 6.45) is 0.829. The van der Waals surface area contributed by atoms with Crippen LogP contribution in [0.15, 0.2) is 35.0 Å². The molecule has 3 aromatic rings. The molecule has 2 heterocycles. The number of hydrazine groups is 1. The van der Waals surface area contributed by atoms with Crippen LogP contribution < -0.4 is 11.3 Å². The fraction of sp³-hybridized carbons (Fsp3) is 0.214. The Hall–Kier alpha value is -1.27. The fourth-order valence-electron chi connectivity index (χ4n) is 2.20. The smallest absolute Gasteiger partial charge is 0.0947 e. The number of nitrogens with two attached hydrogens (primary N) is 1. The van der Waals surface area contributed by atoms with Crippen LogP contribution in [0.5, 0.6) is 0 Å². The molecule has 1 atom stereocenters. The molecule has 0 fully saturated rings. The molecule has 0 aliphatic heterocycles. The SMILES string of the molecule is Cc1csc(CC(NN)c2csc3ccccc23)n1. The number of thiazole rings is 1. The number of aryl methyl sites for hydroxylation is 1. The molecule has 98 valence electrons. The van der Waals surface area contributed by atoms with Crippen molar-refractivity contribution in [2.75, 3.05) is 0 Å². The summed E-state index contributed by atoms with van der Waals surface area (Å²) >= 11 is 3.45. The summed E-state index contributed by atoms with van der Waals surface area (Å²) in [7, 11) is 0. The molecule has 0 radical (unpaired) electrons. The molecule has 0 spiro atoms. The Kier molecular flexibility index (Phi) is 3.61. The molecule has 3 rings (SSSR count). The minimum Gasteiger partial charge on any atom is -0.271 e. The molecule has 19 heavy (non-hydrogen) atoms. The van der Waals surface area contributed by atoms with Gasteiger partial charge in [0, 0.05) is 22.2 Å². The minimum atomic E-state index is 0.113. The van der Waals surface area contributed by atoms with E-state index < -0.39 is 0 Å². The summed E-state index contributed by atoms with van der Waals surface area (Å²) in [5.41, 5.74) is 5.26. The van der Waals surface area contributed by atoms with E-state index >= 15 is 0 Å². The average Bonchev–Trinajstić information content (AvgIpc) is 3.02. The predicted molar refractivity (Wildman–Crippen MR) is 82.4 cm³/mol. The molecular weight excluding hydrogens is 274 g/mol. The zero-order chi connectivity index (χ0) is 13.2. The van der Waals surface area contributed by atoms with Gasteiger partial charge in [-0.05, 0) is 29.3 Å². The molecule has 0 saturated carbocycles. The van der Waals surface area contributed by atoms with Gasteiger partial charge < -0.3 is 0 Å². The van der Waals surface area contributed by atoms with Gasteiger partial charge in [-0.1, -0.05) is 18.2 Å². The molecule has 0 aliphatic carbocycles. The van der Waals surface area contributed by atoms with Crippen LogP contribution in [0.2, 0.25) is 0 Å². The molecule has 5 heteroatoms. The quantitative estimate of drug-likeness (QED) is 0.571. The third-order valence-electron chi connectivity index (χ3n) is 3.13. The number of fused-ring (bicyclic) bond motifs is 1. The van der Waals surface area contributed by atoms with Crippen molar-refractivity contribution in [3.63, 3.8) is 0 Å². The van der Waals surface area contributed by atoms with E-state index in [9.17, 15) is 0 Å². The maximum absolute atomic E-state index is 5.74. The topological polar surface area (TPSA) is 50.9 Å². The van der Waals surface area contributed by atoms with E-state index in [0.717, 1.165) is 17.1 Å². The average molecular weight is 289 g/mol. The highest BCUT2D eigenvalue weighted by Crippen LogP contribution is 2.31. The number of hydrogen-bond donors (Lipinski definition) is 2. The Bertz CT molecular complexity index is 687. The van der Waals surface area contributed by atoms with Crippen LogP contribution in [0, 0.1) is 6.92 Å². The maximum Gasteiger partial charge on any atom is 0.0947 e. The van der Waals surface area contributed by atoms with Crippen LogP contribution >= 0.6 is 22.7 Å². The molecule has 1 aromatic carbocycles. The van der Waals surface area contributed by atoms with Gasteiger partial charge in [0.05, 0.1) is 11.0 Å². The van der Waals surface area contributed by atoms with E-state index in [2.05, 4.69) is 45.4 Å². The van der Waals surface area contributed by atoms with E-state index in [1.807, 2.05) is 6.92 Å². The molecule has 0 saturated heterocycles. The summed E-state index contributed by atoms with van der Waals surface area (Å²) in [4.78, 5) is 4.51. The van der Waals surface area contributed by atoms with Crippen molar-refractivity contribution in [1.82, 2.24) is 10.4 Å². The third kappa shape index (κ3) is 2.55. The maximum atomic E-state index is 5.74. The number of nitrogens with one attached hydrogen (secondary N) is 1. The van der Waals surface area contributed by atoms with Crippen molar-refractivity contribution in [3.05, 3.63) is 51.3 Å². The van der Waals surface area contributed by atoms with Gasteiger partial charge in [0.15, 0.2) is 0 Å². The Morgan fingerprint density at radius 1 is 1.26 bits per heavy atom. The van der Waals surface area contributed by atoms with Crippen molar-refractivity contribution in [3.8, 4) is 0 Å². The van der Waals surface area contributed by atoms with E-state index in [-0.39, 0.29) is 6.04 Å². The zero-order valence-corrected chi connectivity index (χ0v) is 12.2. The van der Waals surface area contributed by atoms with E-state index in [1.54, 1.807) is 22.7 Å². The highest BCUT2D eigenvalue weighted by Gasteiger charge is 2.16. The van der Waals surface area contributed by atoms with E-state index in [0.29, 0.717) is 0 Å². The van der Waals surface area contributed by atoms with Gasteiger partial charge in [-0.15, -0.1) is 22.7 Å². The minimum absolute atomic E-state index is 0.113. The van der Waals surface area contributed by atoms with Crippen LogP contribution in [-0.2, 0) is 6.42 Å². The normalized spacial score (nSPS) is 12.9. The summed E-state index contributed by atoms with van der Waals surface area (Å²) in [6.45, 7) is 2.02. The van der Waals surface area contributed by atoms with Crippen molar-refractivity contribution >= 4 is 32.8 Å². The first-order chi connectivity index (χ1) is 9.28. The fourth-order valence-corrected chi connectivity index (χ4v) is 4.03. The van der Waals surface area contributed by atoms with Gasteiger partial charge in [0.1, 0.15) is 0 Å². The Labute approximate surface area is 120 Å². The lowest BCUT2D eigenvalue weighted by Gasteiger charge is -2.13. The van der Waals surface area contributed by atoms with Gasteiger partial charge >= 0.3 is 0 Å². The van der Waals surface area contributed by atoms with Crippen LogP contribution in [0.4, 0.5) is 0 Å². The van der Waals surface area contributed by atoms with Crippen molar-refractivity contribution in [2.45, 2.75) is 19.4 Å². The van der Waals surface area contributed by atoms with Gasteiger partial charge in [0.25, 0.3) is 0 Å². The molecular formula is C14H15N3S2. The first-order valence-electron chi connectivity index (χ1n) is 6.11. The number of thiophene rings is 1.